The molecule has 4 aromatic rings. The van der Waals surface area contributed by atoms with Crippen molar-refractivity contribution >= 4 is 23.3 Å². The van der Waals surface area contributed by atoms with E-state index in [9.17, 15) is 0 Å². The van der Waals surface area contributed by atoms with Gasteiger partial charge in [0.1, 0.15) is 12.4 Å². The van der Waals surface area contributed by atoms with Crippen LogP contribution in [0.15, 0.2) is 85.1 Å². The number of nitrogens with one attached hydrogen (secondary N) is 1. The van der Waals surface area contributed by atoms with Crippen LogP contribution < -0.4 is 4.74 Å². The molecule has 0 amide bonds. The van der Waals surface area contributed by atoms with Crippen LogP contribution >= 0.6 is 12.4 Å². The zero-order valence-corrected chi connectivity index (χ0v) is 19.2. The van der Waals surface area contributed by atoms with Crippen LogP contribution in [0, 0.1) is 0 Å². The van der Waals surface area contributed by atoms with Gasteiger partial charge in [-0.25, -0.2) is 0 Å². The molecule has 1 saturated heterocycles. The molecule has 32 heavy (non-hydrogen) atoms. The molecule has 166 valence electrons. The number of hydrogen-bond donors (Lipinski definition) is 1. The molecule has 1 aromatic heterocycles. The Morgan fingerprint density at radius 1 is 0.844 bits per heavy atom. The second-order valence-corrected chi connectivity index (χ2v) is 8.58. The van der Waals surface area contributed by atoms with Gasteiger partial charge in [0.15, 0.2) is 0 Å². The molecular weight excluding hydrogens is 416 g/mol. The summed E-state index contributed by atoms with van der Waals surface area (Å²) in [5.41, 5.74) is 5.28. The van der Waals surface area contributed by atoms with Crippen molar-refractivity contribution in [3.8, 4) is 5.75 Å². The van der Waals surface area contributed by atoms with Crippen LogP contribution in [0.2, 0.25) is 0 Å². The van der Waals surface area contributed by atoms with E-state index < -0.39 is 0 Å². The molecule has 0 aliphatic carbocycles. The molecule has 1 fully saturated rings. The SMILES string of the molecule is Cl.c1ccc(CCN2CCC(c3c[nH]c4ccc(OCc5ccccc5)cc34)CC2)cc1. The fourth-order valence-electron chi connectivity index (χ4n) is 4.69. The van der Waals surface area contributed by atoms with Crippen molar-refractivity contribution in [2.45, 2.75) is 31.8 Å². The Kier molecular flexibility index (Phi) is 7.51. The van der Waals surface area contributed by atoms with Gasteiger partial charge in [-0.15, -0.1) is 12.4 Å². The minimum absolute atomic E-state index is 0. The number of H-pyrrole nitrogens is 1. The lowest BCUT2D eigenvalue weighted by molar-refractivity contribution is 0.215. The van der Waals surface area contributed by atoms with E-state index in [0.717, 1.165) is 18.7 Å². The first-order chi connectivity index (χ1) is 15.3. The van der Waals surface area contributed by atoms with Gasteiger partial charge in [-0.2, -0.15) is 0 Å². The zero-order chi connectivity index (χ0) is 20.9. The van der Waals surface area contributed by atoms with Crippen molar-refractivity contribution in [1.82, 2.24) is 9.88 Å². The maximum atomic E-state index is 6.08. The molecule has 4 heteroatoms. The van der Waals surface area contributed by atoms with E-state index in [0.29, 0.717) is 12.5 Å². The maximum Gasteiger partial charge on any atom is 0.120 e. The van der Waals surface area contributed by atoms with Gasteiger partial charge in [0, 0.05) is 23.6 Å². The predicted octanol–water partition coefficient (Wildman–Crippen LogP) is 6.59. The van der Waals surface area contributed by atoms with Crippen molar-refractivity contribution in [3.63, 3.8) is 0 Å². The summed E-state index contributed by atoms with van der Waals surface area (Å²) in [7, 11) is 0. The lowest BCUT2D eigenvalue weighted by Gasteiger charge is -2.32. The Hall–Kier alpha value is -2.75. The molecule has 1 aliphatic rings. The summed E-state index contributed by atoms with van der Waals surface area (Å²) in [6.07, 6.45) is 5.80. The number of halogens is 1. The number of likely N-dealkylation sites (tertiary alicyclic amines) is 1. The largest absolute Gasteiger partial charge is 0.489 e. The van der Waals surface area contributed by atoms with E-state index in [1.165, 1.54) is 53.5 Å². The Bertz CT molecular complexity index is 1100. The van der Waals surface area contributed by atoms with Crippen LogP contribution in [0.3, 0.4) is 0 Å². The van der Waals surface area contributed by atoms with E-state index in [2.05, 4.69) is 88.9 Å². The lowest BCUT2D eigenvalue weighted by Crippen LogP contribution is -2.34. The maximum absolute atomic E-state index is 6.08. The van der Waals surface area contributed by atoms with Gasteiger partial charge >= 0.3 is 0 Å². The van der Waals surface area contributed by atoms with Crippen LogP contribution in [-0.4, -0.2) is 29.5 Å². The Morgan fingerprint density at radius 3 is 2.25 bits per heavy atom. The topological polar surface area (TPSA) is 28.3 Å². The highest BCUT2D eigenvalue weighted by Crippen LogP contribution is 2.35. The third kappa shape index (κ3) is 5.35. The summed E-state index contributed by atoms with van der Waals surface area (Å²) in [5.74, 6) is 1.56. The molecule has 1 N–H and O–H groups in total. The summed E-state index contributed by atoms with van der Waals surface area (Å²) in [4.78, 5) is 6.09. The minimum Gasteiger partial charge on any atom is -0.489 e. The second kappa shape index (κ2) is 10.7. The predicted molar refractivity (Wildman–Crippen MR) is 135 cm³/mol. The number of aromatic nitrogens is 1. The molecule has 0 atom stereocenters. The monoisotopic (exact) mass is 446 g/mol. The van der Waals surface area contributed by atoms with E-state index in [1.54, 1.807) is 0 Å². The van der Waals surface area contributed by atoms with E-state index >= 15 is 0 Å². The van der Waals surface area contributed by atoms with Crippen LogP contribution in [0.4, 0.5) is 0 Å². The summed E-state index contributed by atoms with van der Waals surface area (Å²) in [6.45, 7) is 4.11. The normalized spacial score (nSPS) is 14.9. The van der Waals surface area contributed by atoms with Crippen molar-refractivity contribution in [2.75, 3.05) is 19.6 Å². The molecule has 0 spiro atoms. The van der Waals surface area contributed by atoms with E-state index in [4.69, 9.17) is 4.74 Å². The number of rotatable bonds is 7. The van der Waals surface area contributed by atoms with E-state index in [1.807, 2.05) is 6.07 Å². The third-order valence-electron chi connectivity index (χ3n) is 6.52. The minimum atomic E-state index is 0. The van der Waals surface area contributed by atoms with Crippen molar-refractivity contribution in [3.05, 3.63) is 102 Å². The van der Waals surface area contributed by atoms with Crippen LogP contribution in [-0.2, 0) is 13.0 Å². The van der Waals surface area contributed by atoms with Gasteiger partial charge in [0.05, 0.1) is 0 Å². The van der Waals surface area contributed by atoms with Gasteiger partial charge in [-0.1, -0.05) is 60.7 Å². The summed E-state index contributed by atoms with van der Waals surface area (Å²) < 4.78 is 6.08. The Labute approximate surface area is 196 Å². The Morgan fingerprint density at radius 2 is 1.53 bits per heavy atom. The summed E-state index contributed by atoms with van der Waals surface area (Å²) >= 11 is 0. The molecular formula is C28H31ClN2O. The summed E-state index contributed by atoms with van der Waals surface area (Å²) in [5, 5.41) is 1.31. The van der Waals surface area contributed by atoms with Crippen LogP contribution in [0.25, 0.3) is 10.9 Å². The summed E-state index contributed by atoms with van der Waals surface area (Å²) in [6, 6.07) is 27.6. The van der Waals surface area contributed by atoms with Gasteiger partial charge in [-0.05, 0) is 73.2 Å². The molecule has 0 saturated carbocycles. The fourth-order valence-corrected chi connectivity index (χ4v) is 4.69. The zero-order valence-electron chi connectivity index (χ0n) is 18.4. The number of nitrogens with zero attached hydrogens (tertiary/aromatic N) is 1. The molecule has 0 unspecified atom stereocenters. The number of hydrogen-bond acceptors (Lipinski definition) is 2. The van der Waals surface area contributed by atoms with Gasteiger partial charge in [0.25, 0.3) is 0 Å². The average molecular weight is 447 g/mol. The number of ether oxygens (including phenoxy) is 1. The van der Waals surface area contributed by atoms with Crippen LogP contribution in [0.5, 0.6) is 5.75 Å². The van der Waals surface area contributed by atoms with E-state index in [-0.39, 0.29) is 12.4 Å². The fraction of sp³-hybridized carbons (Fsp3) is 0.286. The highest BCUT2D eigenvalue weighted by atomic mass is 35.5. The molecule has 3 nitrogen and oxygen atoms in total. The first-order valence-corrected chi connectivity index (χ1v) is 11.4. The first kappa shape index (κ1) is 22.4. The number of aromatic amines is 1. The molecule has 0 radical (unpaired) electrons. The van der Waals surface area contributed by atoms with Gasteiger partial charge in [0.2, 0.25) is 0 Å². The smallest absolute Gasteiger partial charge is 0.120 e. The van der Waals surface area contributed by atoms with Gasteiger partial charge in [-0.3, -0.25) is 0 Å². The highest BCUT2D eigenvalue weighted by molar-refractivity contribution is 5.85. The van der Waals surface area contributed by atoms with Gasteiger partial charge < -0.3 is 14.6 Å². The number of benzene rings is 3. The third-order valence-corrected chi connectivity index (χ3v) is 6.52. The lowest BCUT2D eigenvalue weighted by atomic mass is 9.89. The molecule has 5 rings (SSSR count). The first-order valence-electron chi connectivity index (χ1n) is 11.4. The molecule has 2 heterocycles. The molecule has 0 bridgehead atoms. The van der Waals surface area contributed by atoms with Crippen molar-refractivity contribution in [1.29, 1.82) is 0 Å². The number of fused-ring (bicyclic) bond motifs is 1. The Balaban J connectivity index is 0.00000245. The van der Waals surface area contributed by atoms with Crippen molar-refractivity contribution < 1.29 is 4.74 Å². The standard InChI is InChI=1S/C28H30N2O.ClH/c1-3-7-22(8-4-1)13-16-30-17-14-24(15-18-30)27-20-29-28-12-11-25(19-26(27)28)31-21-23-9-5-2-6-10-23;/h1-12,19-20,24,29H,13-18,21H2;1H. The average Bonchev–Trinajstić information content (AvgIpc) is 3.26. The van der Waals surface area contributed by atoms with Crippen molar-refractivity contribution in [2.24, 2.45) is 0 Å². The highest BCUT2D eigenvalue weighted by Gasteiger charge is 2.22. The number of piperidine rings is 1. The molecule has 1 aliphatic heterocycles. The van der Waals surface area contributed by atoms with Crippen LogP contribution in [0.1, 0.15) is 35.4 Å². The molecule has 3 aromatic carbocycles. The second-order valence-electron chi connectivity index (χ2n) is 8.58. The quantitative estimate of drug-likeness (QED) is 0.346.